The van der Waals surface area contributed by atoms with E-state index in [0.717, 1.165) is 0 Å². The number of hydrogen-bond acceptors (Lipinski definition) is 8. The predicted molar refractivity (Wildman–Crippen MR) is 86.8 cm³/mol. The Kier molecular flexibility index (Phi) is 5.21. The van der Waals surface area contributed by atoms with Gasteiger partial charge >= 0.3 is 5.97 Å². The van der Waals surface area contributed by atoms with Gasteiger partial charge in [0.15, 0.2) is 5.69 Å². The number of aromatic nitrogens is 2. The zero-order valence-electron chi connectivity index (χ0n) is 14.1. The Balaban J connectivity index is 2.19. The smallest absolute Gasteiger partial charge is 0.361 e. The molecule has 1 aromatic rings. The number of hydrogen-bond donors (Lipinski definition) is 0. The molecule has 1 fully saturated rings. The van der Waals surface area contributed by atoms with Crippen molar-refractivity contribution in [1.29, 1.82) is 0 Å². The van der Waals surface area contributed by atoms with Gasteiger partial charge in [0.1, 0.15) is 11.4 Å². The number of rotatable bonds is 4. The normalized spacial score (nSPS) is 19.9. The van der Waals surface area contributed by atoms with Gasteiger partial charge in [-0.05, 0) is 6.92 Å². The summed E-state index contributed by atoms with van der Waals surface area (Å²) in [6.45, 7) is 3.32. The lowest BCUT2D eigenvalue weighted by molar-refractivity contribution is -0.139. The Hall–Kier alpha value is -1.78. The molecule has 0 amide bonds. The number of fused-ring (bicyclic) bond motifs is 2. The molecule has 2 aliphatic rings. The summed E-state index contributed by atoms with van der Waals surface area (Å²) in [5.41, 5.74) is -1.61. The molecule has 1 saturated heterocycles. The highest BCUT2D eigenvalue weighted by Gasteiger charge is 2.43. The molecule has 0 aromatic carbocycles. The van der Waals surface area contributed by atoms with E-state index in [-0.39, 0.29) is 24.6 Å². The van der Waals surface area contributed by atoms with Gasteiger partial charge in [0.05, 0.1) is 19.8 Å². The lowest BCUT2D eigenvalue weighted by atomic mass is 9.91. The average molecular weight is 372 g/mol. The molecular weight excluding hydrogens is 352 g/mol. The SMILES string of the molecule is CCOC(=O)c1nc2n(c(=O)c1OS(C)=O)CCOC21CCOCC1. The number of carbonyl (C=O) groups excluding carboxylic acids is 1. The maximum absolute atomic E-state index is 12.9. The molecule has 0 saturated carbocycles. The third-order valence-electron chi connectivity index (χ3n) is 4.20. The molecular formula is C15H20N2O7S. The van der Waals surface area contributed by atoms with Gasteiger partial charge in [-0.25, -0.2) is 14.0 Å². The third kappa shape index (κ3) is 3.33. The fourth-order valence-corrected chi connectivity index (χ4v) is 3.47. The van der Waals surface area contributed by atoms with Gasteiger partial charge in [0, 0.05) is 32.3 Å². The molecule has 0 radical (unpaired) electrons. The standard InChI is InChI=1S/C15H20N2O7S/c1-3-22-13(19)10-11(24-25(2)20)12(18)17-6-9-23-15(14(17)16-10)4-7-21-8-5-15/h3-9H2,1-2H3. The second-order valence-electron chi connectivity index (χ2n) is 5.73. The molecule has 1 unspecified atom stereocenters. The molecule has 25 heavy (non-hydrogen) atoms. The lowest BCUT2D eigenvalue weighted by Gasteiger charge is -2.40. The molecule has 1 aromatic heterocycles. The first-order chi connectivity index (χ1) is 12.0. The summed E-state index contributed by atoms with van der Waals surface area (Å²) in [7, 11) is 0. The highest BCUT2D eigenvalue weighted by atomic mass is 32.2. The van der Waals surface area contributed by atoms with Crippen LogP contribution in [0.1, 0.15) is 36.1 Å². The monoisotopic (exact) mass is 372 g/mol. The van der Waals surface area contributed by atoms with Crippen molar-refractivity contribution in [2.75, 3.05) is 32.7 Å². The van der Waals surface area contributed by atoms with Gasteiger partial charge in [0.2, 0.25) is 16.8 Å². The third-order valence-corrected chi connectivity index (χ3v) is 4.60. The summed E-state index contributed by atoms with van der Waals surface area (Å²) in [6.07, 6.45) is 2.32. The van der Waals surface area contributed by atoms with Crippen LogP contribution < -0.4 is 9.74 Å². The first kappa shape index (κ1) is 18.0. The van der Waals surface area contributed by atoms with Crippen LogP contribution in [0.4, 0.5) is 0 Å². The Morgan fingerprint density at radius 3 is 2.72 bits per heavy atom. The van der Waals surface area contributed by atoms with Gasteiger partial charge in [-0.3, -0.25) is 9.36 Å². The first-order valence-electron chi connectivity index (χ1n) is 8.04. The van der Waals surface area contributed by atoms with Crippen LogP contribution in [0.15, 0.2) is 4.79 Å². The zero-order chi connectivity index (χ0) is 18.0. The van der Waals surface area contributed by atoms with E-state index in [1.807, 2.05) is 0 Å². The van der Waals surface area contributed by atoms with Crippen molar-refractivity contribution in [1.82, 2.24) is 9.55 Å². The highest BCUT2D eigenvalue weighted by molar-refractivity contribution is 7.79. The molecule has 0 bridgehead atoms. The van der Waals surface area contributed by atoms with Crippen LogP contribution in [-0.2, 0) is 37.4 Å². The Morgan fingerprint density at radius 2 is 2.08 bits per heavy atom. The fourth-order valence-electron chi connectivity index (χ4n) is 3.09. The van der Waals surface area contributed by atoms with Crippen molar-refractivity contribution in [2.45, 2.75) is 31.9 Å². The summed E-state index contributed by atoms with van der Waals surface area (Å²) < 4.78 is 34.3. The maximum Gasteiger partial charge on any atom is 0.361 e. The van der Waals surface area contributed by atoms with Crippen LogP contribution in [0.5, 0.6) is 5.75 Å². The Morgan fingerprint density at radius 1 is 1.36 bits per heavy atom. The van der Waals surface area contributed by atoms with Gasteiger partial charge in [-0.2, -0.15) is 0 Å². The molecule has 1 atom stereocenters. The molecule has 10 heteroatoms. The average Bonchev–Trinajstić information content (AvgIpc) is 2.58. The van der Waals surface area contributed by atoms with Crippen molar-refractivity contribution in [3.8, 4) is 5.75 Å². The van der Waals surface area contributed by atoms with E-state index in [0.29, 0.717) is 38.5 Å². The molecule has 1 spiro atoms. The fraction of sp³-hybridized carbons (Fsp3) is 0.667. The molecule has 0 N–H and O–H groups in total. The van der Waals surface area contributed by atoms with Gasteiger partial charge < -0.3 is 18.4 Å². The lowest BCUT2D eigenvalue weighted by Crippen LogP contribution is -2.48. The second kappa shape index (κ2) is 7.22. The van der Waals surface area contributed by atoms with E-state index in [2.05, 4.69) is 4.98 Å². The summed E-state index contributed by atoms with van der Waals surface area (Å²) in [5.74, 6) is -0.785. The summed E-state index contributed by atoms with van der Waals surface area (Å²) in [6, 6.07) is 0. The van der Waals surface area contributed by atoms with Crippen molar-refractivity contribution in [2.24, 2.45) is 0 Å². The van der Waals surface area contributed by atoms with Crippen LogP contribution >= 0.6 is 0 Å². The summed E-state index contributed by atoms with van der Waals surface area (Å²) >= 11 is -1.78. The van der Waals surface area contributed by atoms with E-state index in [4.69, 9.17) is 18.4 Å². The Labute approximate surface area is 146 Å². The second-order valence-corrected chi connectivity index (χ2v) is 6.70. The first-order valence-corrected chi connectivity index (χ1v) is 9.52. The topological polar surface area (TPSA) is 106 Å². The Bertz CT molecular complexity index is 755. The maximum atomic E-state index is 12.9. The van der Waals surface area contributed by atoms with E-state index < -0.39 is 28.2 Å². The van der Waals surface area contributed by atoms with Crippen molar-refractivity contribution in [3.05, 3.63) is 21.9 Å². The van der Waals surface area contributed by atoms with Crippen molar-refractivity contribution < 1.29 is 27.4 Å². The number of ether oxygens (including phenoxy) is 3. The molecule has 3 rings (SSSR count). The van der Waals surface area contributed by atoms with E-state index >= 15 is 0 Å². The van der Waals surface area contributed by atoms with E-state index in [1.165, 1.54) is 10.8 Å². The number of esters is 1. The molecule has 3 heterocycles. The number of nitrogens with zero attached hydrogens (tertiary/aromatic N) is 2. The molecule has 9 nitrogen and oxygen atoms in total. The van der Waals surface area contributed by atoms with E-state index in [1.54, 1.807) is 6.92 Å². The predicted octanol–water partition coefficient (Wildman–Crippen LogP) is 0.128. The summed E-state index contributed by atoms with van der Waals surface area (Å²) in [4.78, 5) is 29.5. The minimum absolute atomic E-state index is 0.114. The van der Waals surface area contributed by atoms with Gasteiger partial charge in [-0.15, -0.1) is 0 Å². The minimum atomic E-state index is -1.78. The van der Waals surface area contributed by atoms with E-state index in [9.17, 15) is 13.8 Å². The molecule has 138 valence electrons. The molecule has 0 aliphatic carbocycles. The van der Waals surface area contributed by atoms with Crippen LogP contribution in [0.25, 0.3) is 0 Å². The van der Waals surface area contributed by atoms with Crippen LogP contribution in [-0.4, -0.2) is 52.4 Å². The number of carbonyl (C=O) groups is 1. The van der Waals surface area contributed by atoms with Gasteiger partial charge in [0.25, 0.3) is 5.56 Å². The van der Waals surface area contributed by atoms with Crippen LogP contribution in [0.2, 0.25) is 0 Å². The van der Waals surface area contributed by atoms with Crippen LogP contribution in [0.3, 0.4) is 0 Å². The largest absolute Gasteiger partial charge is 0.461 e. The summed E-state index contributed by atoms with van der Waals surface area (Å²) in [5, 5.41) is 0. The highest BCUT2D eigenvalue weighted by Crippen LogP contribution is 2.37. The van der Waals surface area contributed by atoms with Crippen molar-refractivity contribution >= 4 is 17.0 Å². The zero-order valence-corrected chi connectivity index (χ0v) is 14.9. The van der Waals surface area contributed by atoms with Gasteiger partial charge in [-0.1, -0.05) is 0 Å². The minimum Gasteiger partial charge on any atom is -0.461 e. The quantitative estimate of drug-likeness (QED) is 0.687. The van der Waals surface area contributed by atoms with Crippen molar-refractivity contribution in [3.63, 3.8) is 0 Å². The van der Waals surface area contributed by atoms with Crippen LogP contribution in [0, 0.1) is 0 Å². The molecule has 2 aliphatic heterocycles.